The van der Waals surface area contributed by atoms with Crippen LogP contribution in [0, 0.1) is 0 Å². The number of hydrogen-bond donors (Lipinski definition) is 1. The Kier molecular flexibility index (Phi) is 3.05. The van der Waals surface area contributed by atoms with Gasteiger partial charge in [0.25, 0.3) is 0 Å². The fraction of sp³-hybridized carbons (Fsp3) is 0.0667. The number of furan rings is 1. The van der Waals surface area contributed by atoms with Gasteiger partial charge in [0.05, 0.1) is 5.39 Å². The topological polar surface area (TPSA) is 42.6 Å². The molecule has 3 nitrogen and oxygen atoms in total. The molecule has 0 bridgehead atoms. The summed E-state index contributed by atoms with van der Waals surface area (Å²) < 4.78 is 10.9. The van der Waals surface area contributed by atoms with Crippen LogP contribution in [0.2, 0.25) is 5.02 Å². The van der Waals surface area contributed by atoms with Crippen LogP contribution in [0.4, 0.5) is 0 Å². The number of rotatable bonds is 3. The van der Waals surface area contributed by atoms with Crippen molar-refractivity contribution >= 4 is 22.6 Å². The Labute approximate surface area is 115 Å². The first-order valence-electron chi connectivity index (χ1n) is 5.80. The molecule has 0 unspecified atom stereocenters. The van der Waals surface area contributed by atoms with E-state index in [1.54, 1.807) is 18.2 Å². The van der Waals surface area contributed by atoms with Crippen LogP contribution in [0.1, 0.15) is 5.56 Å². The van der Waals surface area contributed by atoms with Gasteiger partial charge in [0.15, 0.2) is 5.75 Å². The number of aromatic hydroxyl groups is 1. The molecule has 2 aromatic carbocycles. The fourth-order valence-corrected chi connectivity index (χ4v) is 1.96. The number of hydrogen-bond acceptors (Lipinski definition) is 3. The number of halogens is 1. The summed E-state index contributed by atoms with van der Waals surface area (Å²) in [5, 5.41) is 10.9. The van der Waals surface area contributed by atoms with Crippen molar-refractivity contribution in [3.05, 3.63) is 59.3 Å². The van der Waals surface area contributed by atoms with E-state index in [0.29, 0.717) is 28.3 Å². The maximum absolute atomic E-state index is 9.49. The molecule has 0 aliphatic rings. The van der Waals surface area contributed by atoms with Crippen molar-refractivity contribution in [3.63, 3.8) is 0 Å². The minimum absolute atomic E-state index is 0.138. The van der Waals surface area contributed by atoms with Gasteiger partial charge in [-0.25, -0.2) is 0 Å². The van der Waals surface area contributed by atoms with Crippen LogP contribution in [-0.2, 0) is 6.61 Å². The van der Waals surface area contributed by atoms with Crippen molar-refractivity contribution in [2.75, 3.05) is 0 Å². The molecule has 0 aliphatic heterocycles. The standard InChI is InChI=1S/C15H11ClO3/c16-11-3-1-10(2-4-11)8-18-12-5-6-13-14(17)9-19-15(13)7-12/h1-7,9,17H,8H2. The number of fused-ring (bicyclic) bond motifs is 1. The average Bonchev–Trinajstić information content (AvgIpc) is 2.79. The Morgan fingerprint density at radius 3 is 2.68 bits per heavy atom. The van der Waals surface area contributed by atoms with Crippen LogP contribution < -0.4 is 4.74 Å². The second-order valence-corrected chi connectivity index (χ2v) is 4.63. The van der Waals surface area contributed by atoms with E-state index in [4.69, 9.17) is 20.8 Å². The quantitative estimate of drug-likeness (QED) is 0.771. The highest BCUT2D eigenvalue weighted by Crippen LogP contribution is 2.29. The predicted molar refractivity (Wildman–Crippen MR) is 73.7 cm³/mol. The second kappa shape index (κ2) is 4.86. The summed E-state index contributed by atoms with van der Waals surface area (Å²) in [6.07, 6.45) is 1.31. The molecule has 3 rings (SSSR count). The van der Waals surface area contributed by atoms with Crippen molar-refractivity contribution in [1.82, 2.24) is 0 Å². The molecule has 0 saturated carbocycles. The van der Waals surface area contributed by atoms with E-state index in [-0.39, 0.29) is 5.75 Å². The van der Waals surface area contributed by atoms with Crippen molar-refractivity contribution in [2.24, 2.45) is 0 Å². The summed E-state index contributed by atoms with van der Waals surface area (Å²) in [5.41, 5.74) is 1.64. The Balaban J connectivity index is 1.76. The molecule has 1 heterocycles. The maximum atomic E-state index is 9.49. The SMILES string of the molecule is Oc1coc2cc(OCc3ccc(Cl)cc3)ccc12. The van der Waals surface area contributed by atoms with Crippen LogP contribution in [0.3, 0.4) is 0 Å². The average molecular weight is 275 g/mol. The van der Waals surface area contributed by atoms with Crippen molar-refractivity contribution in [2.45, 2.75) is 6.61 Å². The molecule has 4 heteroatoms. The fourth-order valence-electron chi connectivity index (χ4n) is 1.83. The Bertz CT molecular complexity index is 701. The minimum atomic E-state index is 0.138. The minimum Gasteiger partial charge on any atom is -0.504 e. The summed E-state index contributed by atoms with van der Waals surface area (Å²) >= 11 is 5.82. The molecule has 19 heavy (non-hydrogen) atoms. The highest BCUT2D eigenvalue weighted by molar-refractivity contribution is 6.30. The lowest BCUT2D eigenvalue weighted by atomic mass is 10.2. The molecule has 1 N–H and O–H groups in total. The van der Waals surface area contributed by atoms with Crippen LogP contribution in [0.15, 0.2) is 53.1 Å². The Hall–Kier alpha value is -2.13. The molecule has 0 amide bonds. The third-order valence-corrected chi connectivity index (χ3v) is 3.10. The summed E-state index contributed by atoms with van der Waals surface area (Å²) in [7, 11) is 0. The van der Waals surface area contributed by atoms with Gasteiger partial charge in [0.1, 0.15) is 24.2 Å². The highest BCUT2D eigenvalue weighted by Gasteiger charge is 2.05. The summed E-state index contributed by atoms with van der Waals surface area (Å²) in [5.74, 6) is 0.830. The van der Waals surface area contributed by atoms with Gasteiger partial charge < -0.3 is 14.3 Å². The van der Waals surface area contributed by atoms with Gasteiger partial charge in [-0.15, -0.1) is 0 Å². The number of ether oxygens (including phenoxy) is 1. The van der Waals surface area contributed by atoms with Gasteiger partial charge in [-0.2, -0.15) is 0 Å². The molecular formula is C15H11ClO3. The molecular weight excluding hydrogens is 264 g/mol. The Morgan fingerprint density at radius 1 is 1.11 bits per heavy atom. The van der Waals surface area contributed by atoms with E-state index >= 15 is 0 Å². The zero-order valence-corrected chi connectivity index (χ0v) is 10.7. The van der Waals surface area contributed by atoms with Crippen molar-refractivity contribution < 1.29 is 14.3 Å². The molecule has 0 radical (unpaired) electrons. The molecule has 96 valence electrons. The molecule has 0 saturated heterocycles. The molecule has 0 atom stereocenters. The lowest BCUT2D eigenvalue weighted by Gasteiger charge is -2.06. The molecule has 3 aromatic rings. The third-order valence-electron chi connectivity index (χ3n) is 2.85. The lowest BCUT2D eigenvalue weighted by molar-refractivity contribution is 0.306. The summed E-state index contributed by atoms with van der Waals surface area (Å²) in [4.78, 5) is 0. The van der Waals surface area contributed by atoms with Crippen molar-refractivity contribution in [3.8, 4) is 11.5 Å². The largest absolute Gasteiger partial charge is 0.504 e. The van der Waals surface area contributed by atoms with E-state index in [1.807, 2.05) is 24.3 Å². The summed E-state index contributed by atoms with van der Waals surface area (Å²) in [6, 6.07) is 12.8. The number of benzene rings is 2. The van der Waals surface area contributed by atoms with Crippen LogP contribution in [0.5, 0.6) is 11.5 Å². The van der Waals surface area contributed by atoms with E-state index in [0.717, 1.165) is 5.56 Å². The van der Waals surface area contributed by atoms with E-state index < -0.39 is 0 Å². The molecule has 0 fully saturated rings. The zero-order chi connectivity index (χ0) is 13.2. The van der Waals surface area contributed by atoms with Gasteiger partial charge in [-0.05, 0) is 29.8 Å². The van der Waals surface area contributed by atoms with E-state index in [1.165, 1.54) is 6.26 Å². The summed E-state index contributed by atoms with van der Waals surface area (Å²) in [6.45, 7) is 0.454. The zero-order valence-electron chi connectivity index (χ0n) is 9.97. The first-order valence-corrected chi connectivity index (χ1v) is 6.17. The van der Waals surface area contributed by atoms with E-state index in [2.05, 4.69) is 0 Å². The van der Waals surface area contributed by atoms with Gasteiger partial charge in [-0.1, -0.05) is 23.7 Å². The molecule has 1 aromatic heterocycles. The Morgan fingerprint density at radius 2 is 1.89 bits per heavy atom. The smallest absolute Gasteiger partial charge is 0.161 e. The maximum Gasteiger partial charge on any atom is 0.161 e. The lowest BCUT2D eigenvalue weighted by Crippen LogP contribution is -1.94. The van der Waals surface area contributed by atoms with E-state index in [9.17, 15) is 5.11 Å². The van der Waals surface area contributed by atoms with Gasteiger partial charge >= 0.3 is 0 Å². The van der Waals surface area contributed by atoms with Crippen LogP contribution in [-0.4, -0.2) is 5.11 Å². The van der Waals surface area contributed by atoms with Crippen molar-refractivity contribution in [1.29, 1.82) is 0 Å². The normalized spacial score (nSPS) is 10.8. The second-order valence-electron chi connectivity index (χ2n) is 4.19. The first-order chi connectivity index (χ1) is 9.22. The highest BCUT2D eigenvalue weighted by atomic mass is 35.5. The van der Waals surface area contributed by atoms with Crippen LogP contribution in [0.25, 0.3) is 11.0 Å². The molecule has 0 spiro atoms. The monoisotopic (exact) mass is 274 g/mol. The van der Waals surface area contributed by atoms with Gasteiger partial charge in [-0.3, -0.25) is 0 Å². The van der Waals surface area contributed by atoms with Gasteiger partial charge in [0.2, 0.25) is 0 Å². The van der Waals surface area contributed by atoms with Gasteiger partial charge in [0, 0.05) is 11.1 Å². The third kappa shape index (κ3) is 2.51. The molecule has 0 aliphatic carbocycles. The van der Waals surface area contributed by atoms with Crippen LogP contribution >= 0.6 is 11.6 Å². The predicted octanol–water partition coefficient (Wildman–Crippen LogP) is 4.37. The first kappa shape index (κ1) is 11.9.